The number of aromatic nitrogens is 1. The third kappa shape index (κ3) is 4.92. The maximum absolute atomic E-state index is 11.7. The highest BCUT2D eigenvalue weighted by Crippen LogP contribution is 2.36. The molecule has 4 rings (SSSR count). The van der Waals surface area contributed by atoms with Crippen molar-refractivity contribution in [2.75, 3.05) is 19.3 Å². The zero-order valence-electron chi connectivity index (χ0n) is 18.7. The van der Waals surface area contributed by atoms with Gasteiger partial charge in [-0.05, 0) is 67.9 Å². The highest BCUT2D eigenvalue weighted by Gasteiger charge is 2.31. The first kappa shape index (κ1) is 21.8. The van der Waals surface area contributed by atoms with Gasteiger partial charge < -0.3 is 9.47 Å². The van der Waals surface area contributed by atoms with Crippen LogP contribution in [0, 0.1) is 11.8 Å². The molecule has 2 aliphatic rings. The number of likely N-dealkylation sites (tertiary alicyclic amines) is 1. The van der Waals surface area contributed by atoms with Crippen LogP contribution in [0.2, 0.25) is 0 Å². The maximum atomic E-state index is 11.7. The normalized spacial score (nSPS) is 24.7. The second-order valence-corrected chi connectivity index (χ2v) is 11.6. The van der Waals surface area contributed by atoms with Crippen LogP contribution in [0.25, 0.3) is 10.9 Å². The molecule has 2 aromatic rings. The van der Waals surface area contributed by atoms with Crippen molar-refractivity contribution in [1.82, 2.24) is 14.2 Å². The summed E-state index contributed by atoms with van der Waals surface area (Å²) < 4.78 is 28.4. The lowest BCUT2D eigenvalue weighted by Gasteiger charge is -2.42. The molecule has 0 radical (unpaired) electrons. The first-order chi connectivity index (χ1) is 14.3. The van der Waals surface area contributed by atoms with Gasteiger partial charge in [0.1, 0.15) is 0 Å². The molecule has 1 aliphatic carbocycles. The summed E-state index contributed by atoms with van der Waals surface area (Å²) in [5.74, 6) is 1.73. The summed E-state index contributed by atoms with van der Waals surface area (Å²) in [7, 11) is -3.21. The summed E-state index contributed by atoms with van der Waals surface area (Å²) >= 11 is 0. The number of sulfonamides is 1. The average molecular weight is 432 g/mol. The van der Waals surface area contributed by atoms with E-state index in [4.69, 9.17) is 0 Å². The number of piperidine rings is 1. The largest absolute Gasteiger partial charge is 0.340 e. The van der Waals surface area contributed by atoms with Crippen molar-refractivity contribution < 1.29 is 8.42 Å². The van der Waals surface area contributed by atoms with E-state index in [1.807, 2.05) is 0 Å². The van der Waals surface area contributed by atoms with Crippen LogP contribution in [-0.4, -0.2) is 43.3 Å². The number of hydrogen-bond donors (Lipinski definition) is 1. The molecule has 1 N–H and O–H groups in total. The third-order valence-electron chi connectivity index (χ3n) is 7.41. The van der Waals surface area contributed by atoms with Gasteiger partial charge in [0.15, 0.2) is 0 Å². The molecule has 1 aliphatic heterocycles. The van der Waals surface area contributed by atoms with E-state index in [0.717, 1.165) is 49.5 Å². The number of nitrogens with one attached hydrogen (secondary N) is 1. The number of nitrogens with zero attached hydrogens (tertiary/aromatic N) is 2. The van der Waals surface area contributed by atoms with Crippen molar-refractivity contribution in [2.24, 2.45) is 11.8 Å². The molecule has 0 amide bonds. The molecule has 0 atom stereocenters. The van der Waals surface area contributed by atoms with Gasteiger partial charge in [-0.3, -0.25) is 0 Å². The van der Waals surface area contributed by atoms with Gasteiger partial charge in [0.2, 0.25) is 10.0 Å². The monoisotopic (exact) mass is 431 g/mol. The molecule has 1 saturated heterocycles. The molecule has 1 aromatic carbocycles. The van der Waals surface area contributed by atoms with Gasteiger partial charge in [-0.15, -0.1) is 0 Å². The Labute approximate surface area is 181 Å². The number of fused-ring (bicyclic) bond motifs is 1. The van der Waals surface area contributed by atoms with Crippen LogP contribution >= 0.6 is 0 Å². The van der Waals surface area contributed by atoms with Gasteiger partial charge >= 0.3 is 0 Å². The lowest BCUT2D eigenvalue weighted by atomic mass is 9.79. The van der Waals surface area contributed by atoms with Crippen LogP contribution in [0.15, 0.2) is 30.3 Å². The number of hydrogen-bond acceptors (Lipinski definition) is 3. The van der Waals surface area contributed by atoms with E-state index in [1.165, 1.54) is 42.8 Å². The molecular weight excluding hydrogens is 394 g/mol. The highest BCUT2D eigenvalue weighted by molar-refractivity contribution is 7.88. The summed E-state index contributed by atoms with van der Waals surface area (Å²) in [6, 6.07) is 11.8. The fourth-order valence-corrected chi connectivity index (χ4v) is 6.06. The van der Waals surface area contributed by atoms with E-state index >= 15 is 0 Å². The van der Waals surface area contributed by atoms with E-state index < -0.39 is 10.0 Å². The Morgan fingerprint density at radius 1 is 1.00 bits per heavy atom. The first-order valence-corrected chi connectivity index (χ1v) is 13.5. The minimum atomic E-state index is -3.21. The standard InChI is InChI=1S/C24H37N3O2S/c1-18(2)19-8-10-21(11-9-19)26-14-12-22(13-15-26)27-23(17-25-30(3,28)29)16-20-6-4-5-7-24(20)27/h4-7,16,18-19,21-22,25H,8-15,17H2,1-3H3. The predicted molar refractivity (Wildman–Crippen MR) is 124 cm³/mol. The van der Waals surface area contributed by atoms with Crippen molar-refractivity contribution in [3.05, 3.63) is 36.0 Å². The van der Waals surface area contributed by atoms with Gasteiger partial charge in [-0.25, -0.2) is 13.1 Å². The van der Waals surface area contributed by atoms with Crippen molar-refractivity contribution in [1.29, 1.82) is 0 Å². The summed E-state index contributed by atoms with van der Waals surface area (Å²) in [6.45, 7) is 7.38. The lowest BCUT2D eigenvalue weighted by molar-refractivity contribution is 0.0889. The fraction of sp³-hybridized carbons (Fsp3) is 0.667. The Hall–Kier alpha value is -1.37. The summed E-state index contributed by atoms with van der Waals surface area (Å²) in [5.41, 5.74) is 2.29. The second-order valence-electron chi connectivity index (χ2n) is 9.74. The van der Waals surface area contributed by atoms with Gasteiger partial charge in [-0.1, -0.05) is 32.0 Å². The molecule has 166 valence electrons. The molecule has 0 bridgehead atoms. The van der Waals surface area contributed by atoms with E-state index in [2.05, 4.69) is 58.4 Å². The molecular formula is C24H37N3O2S. The molecule has 5 nitrogen and oxygen atoms in total. The quantitative estimate of drug-likeness (QED) is 0.730. The molecule has 2 heterocycles. The first-order valence-electron chi connectivity index (χ1n) is 11.6. The second kappa shape index (κ2) is 9.01. The lowest BCUT2D eigenvalue weighted by Crippen LogP contribution is -2.44. The van der Waals surface area contributed by atoms with E-state index in [1.54, 1.807) is 0 Å². The van der Waals surface area contributed by atoms with Crippen molar-refractivity contribution in [2.45, 2.75) is 71.0 Å². The molecule has 6 heteroatoms. The van der Waals surface area contributed by atoms with Gasteiger partial charge in [0.25, 0.3) is 0 Å². The Morgan fingerprint density at radius 3 is 2.30 bits per heavy atom. The smallest absolute Gasteiger partial charge is 0.209 e. The average Bonchev–Trinajstić information content (AvgIpc) is 3.10. The van der Waals surface area contributed by atoms with Crippen LogP contribution in [-0.2, 0) is 16.6 Å². The van der Waals surface area contributed by atoms with Crippen molar-refractivity contribution >= 4 is 20.9 Å². The molecule has 1 saturated carbocycles. The zero-order valence-corrected chi connectivity index (χ0v) is 19.5. The third-order valence-corrected chi connectivity index (χ3v) is 8.08. The summed E-state index contributed by atoms with van der Waals surface area (Å²) in [4.78, 5) is 2.73. The summed E-state index contributed by atoms with van der Waals surface area (Å²) in [6.07, 6.45) is 8.96. The molecule has 30 heavy (non-hydrogen) atoms. The van der Waals surface area contributed by atoms with Crippen LogP contribution in [0.4, 0.5) is 0 Å². The van der Waals surface area contributed by atoms with Crippen LogP contribution in [0.5, 0.6) is 0 Å². The number of rotatable bonds is 6. The Bertz CT molecular complexity index is 950. The Morgan fingerprint density at radius 2 is 1.67 bits per heavy atom. The minimum Gasteiger partial charge on any atom is -0.340 e. The molecule has 2 fully saturated rings. The van der Waals surface area contributed by atoms with E-state index in [0.29, 0.717) is 12.6 Å². The van der Waals surface area contributed by atoms with Gasteiger partial charge in [-0.2, -0.15) is 0 Å². The summed E-state index contributed by atoms with van der Waals surface area (Å²) in [5, 5.41) is 1.19. The molecule has 0 unspecified atom stereocenters. The van der Waals surface area contributed by atoms with Crippen LogP contribution in [0.1, 0.15) is 64.1 Å². The SMILES string of the molecule is CC(C)C1CCC(N2CCC(n3c(CNS(C)(=O)=O)cc4ccccc43)CC2)CC1. The van der Waals surface area contributed by atoms with Gasteiger partial charge in [0, 0.05) is 36.4 Å². The minimum absolute atomic E-state index is 0.354. The van der Waals surface area contributed by atoms with Crippen molar-refractivity contribution in [3.63, 3.8) is 0 Å². The molecule has 1 aromatic heterocycles. The maximum Gasteiger partial charge on any atom is 0.209 e. The zero-order chi connectivity index (χ0) is 21.3. The Kier molecular flexibility index (Phi) is 6.56. The van der Waals surface area contributed by atoms with Crippen LogP contribution in [0.3, 0.4) is 0 Å². The topological polar surface area (TPSA) is 54.3 Å². The van der Waals surface area contributed by atoms with Crippen molar-refractivity contribution in [3.8, 4) is 0 Å². The molecule has 0 spiro atoms. The van der Waals surface area contributed by atoms with E-state index in [-0.39, 0.29) is 0 Å². The van der Waals surface area contributed by atoms with Gasteiger partial charge in [0.05, 0.1) is 12.8 Å². The predicted octanol–water partition coefficient (Wildman–Crippen LogP) is 4.54. The van der Waals surface area contributed by atoms with E-state index in [9.17, 15) is 8.42 Å². The number of para-hydroxylation sites is 1. The number of benzene rings is 1. The fourth-order valence-electron chi connectivity index (χ4n) is 5.65. The Balaban J connectivity index is 1.45. The highest BCUT2D eigenvalue weighted by atomic mass is 32.2. The van der Waals surface area contributed by atoms with Crippen LogP contribution < -0.4 is 4.72 Å².